The van der Waals surface area contributed by atoms with Crippen LogP contribution in [0.4, 0.5) is 0 Å². The van der Waals surface area contributed by atoms with Gasteiger partial charge in [0.2, 0.25) is 11.8 Å². The van der Waals surface area contributed by atoms with Gasteiger partial charge in [0.05, 0.1) is 13.1 Å². The number of amides is 2. The van der Waals surface area contributed by atoms with Crippen LogP contribution >= 0.6 is 13.5 Å². The molecule has 8 fully saturated rings. The second-order valence-electron chi connectivity index (χ2n) is 26.0. The molecule has 394 valence electrons. The highest BCUT2D eigenvalue weighted by Gasteiger charge is 2.67. The summed E-state index contributed by atoms with van der Waals surface area (Å²) in [6.07, 6.45) is 17.3. The van der Waals surface area contributed by atoms with Gasteiger partial charge in [0.1, 0.15) is 34.7 Å². The van der Waals surface area contributed by atoms with Gasteiger partial charge in [0.15, 0.2) is 0 Å². The standard InChI is InChI=1S/C30H47NO4.C29H45NO4.H2S/c1-7-21-25-15-20(33)10-12-30(25,6)24-11-13-29(5)22(8-9-23(29)26(24)27(21)34)17(2)14-18(3)28(35)31-16-19(4)32;1-6-20-24-15-19(32)11-13-29(24,5)23-12-14-28(4)21(8-9-22(28)26(23)27(20)34)17(2)7-10-25(33)30-16-18(3)31;/h17-18,21-26H,7-16H2,1-6H3,(H,31,35);17,20-24,26H,6-16H2,1-5H3,(H,30,33);1H2/t17-,18+,21-,22-,23?,24?,25?,26?,29-,30-;17-,20-,21-,22?,23?,24?,26?,28-,29-;/m11./s1. The van der Waals surface area contributed by atoms with Crippen LogP contribution in [0.1, 0.15) is 198 Å². The number of carbonyl (C=O) groups excluding carboxylic acids is 8. The van der Waals surface area contributed by atoms with Crippen molar-refractivity contribution in [2.75, 3.05) is 13.1 Å². The highest BCUT2D eigenvalue weighted by molar-refractivity contribution is 7.59. The van der Waals surface area contributed by atoms with Crippen molar-refractivity contribution in [1.29, 1.82) is 0 Å². The third kappa shape index (κ3) is 10.3. The molecule has 70 heavy (non-hydrogen) atoms. The van der Waals surface area contributed by atoms with Gasteiger partial charge in [-0.15, -0.1) is 0 Å². The van der Waals surface area contributed by atoms with E-state index < -0.39 is 0 Å². The molecule has 0 aliphatic heterocycles. The summed E-state index contributed by atoms with van der Waals surface area (Å²) >= 11 is 0. The zero-order chi connectivity index (χ0) is 50.5. The Bertz CT molecular complexity index is 2020. The van der Waals surface area contributed by atoms with Gasteiger partial charge in [-0.05, 0) is 185 Å². The van der Waals surface area contributed by atoms with Gasteiger partial charge >= 0.3 is 0 Å². The molecule has 8 aliphatic carbocycles. The van der Waals surface area contributed by atoms with E-state index in [1.165, 1.54) is 13.8 Å². The molecular formula is C59H94N2O8S. The number of hydrogen-bond donors (Lipinski definition) is 2. The van der Waals surface area contributed by atoms with E-state index >= 15 is 0 Å². The molecule has 0 saturated heterocycles. The summed E-state index contributed by atoms with van der Waals surface area (Å²) in [7, 11) is 0. The molecule has 0 aromatic carbocycles. The van der Waals surface area contributed by atoms with E-state index in [0.717, 1.165) is 89.9 Å². The monoisotopic (exact) mass is 991 g/mol. The molecule has 2 N–H and O–H groups in total. The van der Waals surface area contributed by atoms with Crippen molar-refractivity contribution in [3.8, 4) is 0 Å². The Hall–Kier alpha value is -2.69. The quantitative estimate of drug-likeness (QED) is 0.174. The topological polar surface area (TPSA) is 161 Å². The molecule has 0 spiro atoms. The van der Waals surface area contributed by atoms with Crippen molar-refractivity contribution in [1.82, 2.24) is 10.6 Å². The summed E-state index contributed by atoms with van der Waals surface area (Å²) in [5, 5.41) is 5.50. The Labute approximate surface area is 428 Å². The highest BCUT2D eigenvalue weighted by atomic mass is 32.1. The number of ketones is 6. The summed E-state index contributed by atoms with van der Waals surface area (Å²) in [5.74, 6) is 5.81. The molecule has 2 amide bonds. The second-order valence-corrected chi connectivity index (χ2v) is 26.0. The summed E-state index contributed by atoms with van der Waals surface area (Å²) in [5.41, 5.74) is 0.518. The van der Waals surface area contributed by atoms with E-state index in [-0.39, 0.29) is 113 Å². The Morgan fingerprint density at radius 2 is 0.971 bits per heavy atom. The van der Waals surface area contributed by atoms with Crippen molar-refractivity contribution in [2.24, 2.45) is 110 Å². The molecule has 8 unspecified atom stereocenters. The van der Waals surface area contributed by atoms with E-state index in [9.17, 15) is 38.4 Å². The smallest absolute Gasteiger partial charge is 0.223 e. The van der Waals surface area contributed by atoms with E-state index in [0.29, 0.717) is 103 Å². The van der Waals surface area contributed by atoms with Gasteiger partial charge < -0.3 is 10.6 Å². The summed E-state index contributed by atoms with van der Waals surface area (Å²) < 4.78 is 0. The van der Waals surface area contributed by atoms with Crippen molar-refractivity contribution >= 4 is 60.0 Å². The second kappa shape index (κ2) is 22.0. The minimum atomic E-state index is -0.122. The Morgan fingerprint density at radius 3 is 1.40 bits per heavy atom. The summed E-state index contributed by atoms with van der Waals surface area (Å²) in [6.45, 7) is 23.7. The molecule has 0 heterocycles. The maximum Gasteiger partial charge on any atom is 0.223 e. The van der Waals surface area contributed by atoms with Gasteiger partial charge in [0.25, 0.3) is 0 Å². The van der Waals surface area contributed by atoms with Crippen LogP contribution in [0.2, 0.25) is 0 Å². The lowest BCUT2D eigenvalue weighted by Gasteiger charge is -2.61. The third-order valence-corrected chi connectivity index (χ3v) is 22.5. The maximum atomic E-state index is 14.1. The van der Waals surface area contributed by atoms with Crippen molar-refractivity contribution < 1.29 is 38.4 Å². The third-order valence-electron chi connectivity index (χ3n) is 22.5. The molecule has 11 heteroatoms. The highest BCUT2D eigenvalue weighted by Crippen LogP contribution is 2.70. The number of carbonyl (C=O) groups is 8. The fraction of sp³-hybridized carbons (Fsp3) is 0.864. The van der Waals surface area contributed by atoms with Gasteiger partial charge in [-0.3, -0.25) is 38.4 Å². The average molecular weight is 991 g/mol. The number of fused-ring (bicyclic) bond motifs is 10. The number of nitrogens with one attached hydrogen (secondary N) is 2. The zero-order valence-electron chi connectivity index (χ0n) is 45.3. The first-order valence-electron chi connectivity index (χ1n) is 28.1. The molecule has 0 aromatic heterocycles. The minimum absolute atomic E-state index is 0. The molecule has 8 rings (SSSR count). The Kier molecular flexibility index (Phi) is 17.8. The largest absolute Gasteiger partial charge is 0.349 e. The first kappa shape index (κ1) is 56.6. The van der Waals surface area contributed by atoms with Gasteiger partial charge in [-0.1, -0.05) is 62.3 Å². The lowest BCUT2D eigenvalue weighted by molar-refractivity contribution is -0.170. The molecule has 8 aliphatic rings. The van der Waals surface area contributed by atoms with Gasteiger partial charge in [-0.25, -0.2) is 0 Å². The molecule has 0 bridgehead atoms. The lowest BCUT2D eigenvalue weighted by Crippen LogP contribution is -2.60. The van der Waals surface area contributed by atoms with Crippen molar-refractivity contribution in [3.63, 3.8) is 0 Å². The molecular weight excluding hydrogens is 897 g/mol. The predicted octanol–water partition coefficient (Wildman–Crippen LogP) is 10.7. The fourth-order valence-electron chi connectivity index (χ4n) is 18.9. The van der Waals surface area contributed by atoms with Crippen LogP contribution in [0.3, 0.4) is 0 Å². The first-order valence-corrected chi connectivity index (χ1v) is 28.1. The van der Waals surface area contributed by atoms with Crippen LogP contribution in [0.5, 0.6) is 0 Å². The summed E-state index contributed by atoms with van der Waals surface area (Å²) in [6, 6.07) is 0. The SMILES string of the molecule is CC[C@H]1C(=O)C2C(CC[C@@]3(C)C2CC[C@@H]3[C@H](C)CCC(=O)NCC(C)=O)[C@@]2(C)CCC(=O)CC12.CC[C@H]1C(=O)C2C(CC[C@@]3(C)C2CC[C@@H]3[C@H](C)C[C@H](C)C(=O)NCC(C)=O)[C@@]2(C)CCC(=O)CC12.S. The maximum absolute atomic E-state index is 14.1. The van der Waals surface area contributed by atoms with Crippen LogP contribution in [0, 0.1) is 110 Å². The van der Waals surface area contributed by atoms with Crippen LogP contribution in [0.25, 0.3) is 0 Å². The van der Waals surface area contributed by atoms with Crippen LogP contribution in [0.15, 0.2) is 0 Å². The first-order chi connectivity index (χ1) is 32.5. The predicted molar refractivity (Wildman–Crippen MR) is 279 cm³/mol. The van der Waals surface area contributed by atoms with E-state index in [1.807, 2.05) is 6.92 Å². The van der Waals surface area contributed by atoms with E-state index in [1.54, 1.807) is 0 Å². The molecule has 10 nitrogen and oxygen atoms in total. The number of Topliss-reactive ketones (excluding diaryl/α,β-unsaturated/α-hetero) is 6. The van der Waals surface area contributed by atoms with Crippen molar-refractivity contribution in [2.45, 2.75) is 198 Å². The average Bonchev–Trinajstić information content (AvgIpc) is 3.85. The van der Waals surface area contributed by atoms with Crippen LogP contribution < -0.4 is 10.6 Å². The number of hydrogen-bond acceptors (Lipinski definition) is 8. The molecule has 0 aromatic rings. The Morgan fingerprint density at radius 1 is 0.557 bits per heavy atom. The van der Waals surface area contributed by atoms with Crippen molar-refractivity contribution in [3.05, 3.63) is 0 Å². The Balaban J connectivity index is 0.000000226. The molecule has 19 atom stereocenters. The van der Waals surface area contributed by atoms with Gasteiger partial charge in [-0.2, -0.15) is 13.5 Å². The molecule has 0 radical (unpaired) electrons. The summed E-state index contributed by atoms with van der Waals surface area (Å²) in [4.78, 5) is 99.9. The fourth-order valence-corrected chi connectivity index (χ4v) is 18.9. The van der Waals surface area contributed by atoms with Gasteiger partial charge in [0, 0.05) is 61.7 Å². The normalized spacial score (nSPS) is 41.8. The van der Waals surface area contributed by atoms with Crippen LogP contribution in [-0.2, 0) is 38.4 Å². The number of rotatable bonds is 14. The zero-order valence-corrected chi connectivity index (χ0v) is 46.3. The van der Waals surface area contributed by atoms with Crippen LogP contribution in [-0.4, -0.2) is 59.6 Å². The lowest BCUT2D eigenvalue weighted by atomic mass is 9.42. The van der Waals surface area contributed by atoms with E-state index in [2.05, 4.69) is 66.0 Å². The minimum Gasteiger partial charge on any atom is -0.349 e. The molecule has 8 saturated carbocycles. The van der Waals surface area contributed by atoms with E-state index in [4.69, 9.17) is 0 Å².